The number of carbonyl (C=O) groups excluding carboxylic acids is 1. The number of hydrogen-bond acceptors (Lipinski definition) is 3. The first kappa shape index (κ1) is 14.0. The molecule has 0 unspecified atom stereocenters. The zero-order valence-corrected chi connectivity index (χ0v) is 10.9. The molecular formula is C13H18ClNO2. The average molecular weight is 256 g/mol. The SMILES string of the molecule is CC(C)C[C@@H](N)C(=O)OCc1cccc(Cl)c1. The highest BCUT2D eigenvalue weighted by atomic mass is 35.5. The Labute approximate surface area is 107 Å². The number of benzene rings is 1. The van der Waals surface area contributed by atoms with Crippen LogP contribution in [0.5, 0.6) is 0 Å². The Morgan fingerprint density at radius 2 is 2.18 bits per heavy atom. The summed E-state index contributed by atoms with van der Waals surface area (Å²) in [6.45, 7) is 4.25. The quantitative estimate of drug-likeness (QED) is 0.823. The van der Waals surface area contributed by atoms with Crippen LogP contribution in [0, 0.1) is 5.92 Å². The van der Waals surface area contributed by atoms with Crippen molar-refractivity contribution in [2.45, 2.75) is 32.9 Å². The Hall–Kier alpha value is -1.06. The number of hydrogen-bond donors (Lipinski definition) is 1. The van der Waals surface area contributed by atoms with Gasteiger partial charge in [-0.1, -0.05) is 37.6 Å². The first-order chi connectivity index (χ1) is 7.99. The molecule has 17 heavy (non-hydrogen) atoms. The van der Waals surface area contributed by atoms with Crippen LogP contribution in [0.25, 0.3) is 0 Å². The molecule has 0 radical (unpaired) electrons. The zero-order valence-electron chi connectivity index (χ0n) is 10.2. The van der Waals surface area contributed by atoms with Gasteiger partial charge in [0.2, 0.25) is 0 Å². The van der Waals surface area contributed by atoms with E-state index in [4.69, 9.17) is 22.1 Å². The minimum Gasteiger partial charge on any atom is -0.460 e. The lowest BCUT2D eigenvalue weighted by atomic mass is 10.1. The van der Waals surface area contributed by atoms with E-state index in [-0.39, 0.29) is 12.6 Å². The van der Waals surface area contributed by atoms with Gasteiger partial charge in [-0.15, -0.1) is 0 Å². The molecule has 94 valence electrons. The van der Waals surface area contributed by atoms with E-state index in [0.717, 1.165) is 5.56 Å². The van der Waals surface area contributed by atoms with Gasteiger partial charge in [-0.25, -0.2) is 0 Å². The lowest BCUT2D eigenvalue weighted by molar-refractivity contribution is -0.146. The van der Waals surface area contributed by atoms with Crippen LogP contribution in [0.15, 0.2) is 24.3 Å². The van der Waals surface area contributed by atoms with Crippen LogP contribution in [0.4, 0.5) is 0 Å². The van der Waals surface area contributed by atoms with Crippen molar-refractivity contribution >= 4 is 17.6 Å². The van der Waals surface area contributed by atoms with Gasteiger partial charge < -0.3 is 10.5 Å². The summed E-state index contributed by atoms with van der Waals surface area (Å²) in [7, 11) is 0. The summed E-state index contributed by atoms with van der Waals surface area (Å²) in [4.78, 5) is 11.6. The number of ether oxygens (including phenoxy) is 1. The Morgan fingerprint density at radius 3 is 2.76 bits per heavy atom. The molecule has 0 saturated carbocycles. The summed E-state index contributed by atoms with van der Waals surface area (Å²) < 4.78 is 5.12. The standard InChI is InChI=1S/C13H18ClNO2/c1-9(2)6-12(15)13(16)17-8-10-4-3-5-11(14)7-10/h3-5,7,9,12H,6,8,15H2,1-2H3/t12-/m1/s1. The molecular weight excluding hydrogens is 238 g/mol. The van der Waals surface area contributed by atoms with Gasteiger partial charge in [-0.2, -0.15) is 0 Å². The normalized spacial score (nSPS) is 12.5. The summed E-state index contributed by atoms with van der Waals surface area (Å²) in [5.41, 5.74) is 6.58. The summed E-state index contributed by atoms with van der Waals surface area (Å²) in [5.74, 6) is 0.0161. The van der Waals surface area contributed by atoms with Gasteiger partial charge in [0.15, 0.2) is 0 Å². The van der Waals surface area contributed by atoms with E-state index in [1.165, 1.54) is 0 Å². The van der Waals surface area contributed by atoms with Crippen molar-refractivity contribution in [3.8, 4) is 0 Å². The second-order valence-electron chi connectivity index (χ2n) is 4.47. The van der Waals surface area contributed by atoms with Crippen LogP contribution in [-0.4, -0.2) is 12.0 Å². The third kappa shape index (κ3) is 5.20. The molecule has 0 aliphatic carbocycles. The second-order valence-corrected chi connectivity index (χ2v) is 4.91. The fraction of sp³-hybridized carbons (Fsp3) is 0.462. The van der Waals surface area contributed by atoms with E-state index < -0.39 is 6.04 Å². The van der Waals surface area contributed by atoms with E-state index in [9.17, 15) is 4.79 Å². The Balaban J connectivity index is 2.43. The van der Waals surface area contributed by atoms with Gasteiger partial charge in [-0.05, 0) is 30.0 Å². The van der Waals surface area contributed by atoms with E-state index in [0.29, 0.717) is 17.4 Å². The van der Waals surface area contributed by atoms with Gasteiger partial charge in [-0.3, -0.25) is 4.79 Å². The molecule has 0 saturated heterocycles. The van der Waals surface area contributed by atoms with E-state index in [1.54, 1.807) is 12.1 Å². The van der Waals surface area contributed by atoms with Crippen LogP contribution < -0.4 is 5.73 Å². The van der Waals surface area contributed by atoms with Crippen molar-refractivity contribution < 1.29 is 9.53 Å². The van der Waals surface area contributed by atoms with Crippen molar-refractivity contribution in [1.29, 1.82) is 0 Å². The lowest BCUT2D eigenvalue weighted by Gasteiger charge is -2.13. The van der Waals surface area contributed by atoms with Crippen LogP contribution in [0.2, 0.25) is 5.02 Å². The van der Waals surface area contributed by atoms with E-state index >= 15 is 0 Å². The Kier molecular flexibility index (Phi) is 5.45. The van der Waals surface area contributed by atoms with Gasteiger partial charge in [0.25, 0.3) is 0 Å². The summed E-state index contributed by atoms with van der Waals surface area (Å²) >= 11 is 5.83. The molecule has 0 amide bonds. The van der Waals surface area contributed by atoms with Crippen molar-refractivity contribution in [2.75, 3.05) is 0 Å². The highest BCUT2D eigenvalue weighted by Gasteiger charge is 2.16. The molecule has 4 heteroatoms. The molecule has 0 fully saturated rings. The van der Waals surface area contributed by atoms with E-state index in [1.807, 2.05) is 26.0 Å². The summed E-state index contributed by atoms with van der Waals surface area (Å²) in [6.07, 6.45) is 0.633. The minimum absolute atomic E-state index is 0.213. The van der Waals surface area contributed by atoms with Gasteiger partial charge >= 0.3 is 5.97 Å². The summed E-state index contributed by atoms with van der Waals surface area (Å²) in [6, 6.07) is 6.67. The lowest BCUT2D eigenvalue weighted by Crippen LogP contribution is -2.33. The number of rotatable bonds is 5. The average Bonchev–Trinajstić information content (AvgIpc) is 2.25. The first-order valence-corrected chi connectivity index (χ1v) is 6.03. The maximum absolute atomic E-state index is 11.6. The molecule has 3 nitrogen and oxygen atoms in total. The van der Waals surface area contributed by atoms with Crippen molar-refractivity contribution in [3.05, 3.63) is 34.9 Å². The molecule has 1 atom stereocenters. The zero-order chi connectivity index (χ0) is 12.8. The minimum atomic E-state index is -0.547. The fourth-order valence-corrected chi connectivity index (χ4v) is 1.71. The predicted octanol–water partition coefficient (Wildman–Crippen LogP) is 2.76. The molecule has 1 aromatic rings. The topological polar surface area (TPSA) is 52.3 Å². The van der Waals surface area contributed by atoms with E-state index in [2.05, 4.69) is 0 Å². The van der Waals surface area contributed by atoms with Crippen molar-refractivity contribution in [3.63, 3.8) is 0 Å². The number of esters is 1. The smallest absolute Gasteiger partial charge is 0.323 e. The molecule has 0 heterocycles. The van der Waals surface area contributed by atoms with Gasteiger partial charge in [0, 0.05) is 5.02 Å². The number of carbonyl (C=O) groups is 1. The Bertz CT molecular complexity index is 379. The monoisotopic (exact) mass is 255 g/mol. The maximum atomic E-state index is 11.6. The third-order valence-corrected chi connectivity index (χ3v) is 2.53. The van der Waals surface area contributed by atoms with Crippen LogP contribution >= 0.6 is 11.6 Å². The maximum Gasteiger partial charge on any atom is 0.323 e. The molecule has 0 aliphatic heterocycles. The van der Waals surface area contributed by atoms with Gasteiger partial charge in [0.1, 0.15) is 12.6 Å². The largest absolute Gasteiger partial charge is 0.460 e. The Morgan fingerprint density at radius 1 is 1.47 bits per heavy atom. The highest BCUT2D eigenvalue weighted by molar-refractivity contribution is 6.30. The van der Waals surface area contributed by atoms with Crippen molar-refractivity contribution in [2.24, 2.45) is 11.7 Å². The number of nitrogens with two attached hydrogens (primary N) is 1. The molecule has 1 aromatic carbocycles. The molecule has 2 N–H and O–H groups in total. The van der Waals surface area contributed by atoms with Crippen LogP contribution in [0.3, 0.4) is 0 Å². The fourth-order valence-electron chi connectivity index (χ4n) is 1.49. The molecule has 0 aromatic heterocycles. The predicted molar refractivity (Wildman–Crippen MR) is 68.7 cm³/mol. The van der Waals surface area contributed by atoms with Crippen molar-refractivity contribution in [1.82, 2.24) is 0 Å². The third-order valence-electron chi connectivity index (χ3n) is 2.30. The first-order valence-electron chi connectivity index (χ1n) is 5.65. The van der Waals surface area contributed by atoms with Crippen LogP contribution in [0.1, 0.15) is 25.8 Å². The molecule has 0 spiro atoms. The van der Waals surface area contributed by atoms with Crippen LogP contribution in [-0.2, 0) is 16.1 Å². The highest BCUT2D eigenvalue weighted by Crippen LogP contribution is 2.12. The summed E-state index contributed by atoms with van der Waals surface area (Å²) in [5, 5.41) is 0.630. The molecule has 0 bridgehead atoms. The molecule has 0 aliphatic rings. The van der Waals surface area contributed by atoms with Gasteiger partial charge in [0.05, 0.1) is 0 Å². The number of halogens is 1. The second kappa shape index (κ2) is 6.62. The molecule has 1 rings (SSSR count).